The molecule has 2 heterocycles. The number of hydrogen-bond donors (Lipinski definition) is 1. The van der Waals surface area contributed by atoms with Crippen molar-refractivity contribution >= 4 is 17.9 Å². The zero-order chi connectivity index (χ0) is 24.1. The van der Waals surface area contributed by atoms with E-state index in [4.69, 9.17) is 0 Å². The van der Waals surface area contributed by atoms with E-state index >= 15 is 0 Å². The summed E-state index contributed by atoms with van der Waals surface area (Å²) in [6.07, 6.45) is 5.49. The Morgan fingerprint density at radius 3 is 2.12 bits per heavy atom. The molecule has 0 aliphatic carbocycles. The molecule has 1 amide bonds. The number of piperidine rings is 2. The third-order valence-electron chi connectivity index (χ3n) is 7.73. The van der Waals surface area contributed by atoms with Crippen molar-refractivity contribution in [2.45, 2.75) is 58.0 Å². The Bertz CT molecular complexity index is 956. The standard InChI is InChI=1S/C29H38N2O3/c1-21(2)25-4-3-5-26(19-25)28(33)29(34)31-16-12-23(13-17-31)18-22-10-14-30(15-11-22)27-8-6-24(20-32)7-9-27/h3-9,19-23,28,33H,10-18H2,1-2H3. The van der Waals surface area contributed by atoms with E-state index in [1.807, 2.05) is 53.4 Å². The van der Waals surface area contributed by atoms with Crippen LogP contribution in [0.25, 0.3) is 0 Å². The molecule has 34 heavy (non-hydrogen) atoms. The molecule has 2 aromatic rings. The third-order valence-corrected chi connectivity index (χ3v) is 7.73. The Morgan fingerprint density at radius 2 is 1.53 bits per heavy atom. The van der Waals surface area contributed by atoms with Gasteiger partial charge in [0.2, 0.25) is 0 Å². The van der Waals surface area contributed by atoms with Crippen LogP contribution in [0, 0.1) is 11.8 Å². The second kappa shape index (κ2) is 11.2. The van der Waals surface area contributed by atoms with Crippen molar-refractivity contribution in [1.29, 1.82) is 0 Å². The van der Waals surface area contributed by atoms with E-state index in [2.05, 4.69) is 18.7 Å². The first kappa shape index (κ1) is 24.5. The predicted molar refractivity (Wildman–Crippen MR) is 136 cm³/mol. The summed E-state index contributed by atoms with van der Waals surface area (Å²) in [6, 6.07) is 15.7. The molecule has 2 aromatic carbocycles. The Morgan fingerprint density at radius 1 is 0.941 bits per heavy atom. The molecule has 2 aliphatic rings. The highest BCUT2D eigenvalue weighted by Crippen LogP contribution is 2.32. The fraction of sp³-hybridized carbons (Fsp3) is 0.517. The number of likely N-dealkylation sites (tertiary alicyclic amines) is 1. The van der Waals surface area contributed by atoms with Gasteiger partial charge in [-0.2, -0.15) is 0 Å². The van der Waals surface area contributed by atoms with Gasteiger partial charge in [0, 0.05) is 37.4 Å². The zero-order valence-electron chi connectivity index (χ0n) is 20.5. The first-order valence-electron chi connectivity index (χ1n) is 12.8. The van der Waals surface area contributed by atoms with Crippen LogP contribution in [-0.2, 0) is 4.79 Å². The molecule has 0 aromatic heterocycles. The van der Waals surface area contributed by atoms with Gasteiger partial charge in [-0.05, 0) is 85.3 Å². The van der Waals surface area contributed by atoms with Gasteiger partial charge < -0.3 is 14.9 Å². The number of rotatable bonds is 7. The lowest BCUT2D eigenvalue weighted by Gasteiger charge is -2.38. The van der Waals surface area contributed by atoms with E-state index in [0.717, 1.165) is 62.4 Å². The van der Waals surface area contributed by atoms with E-state index in [0.29, 0.717) is 17.4 Å². The molecule has 0 radical (unpaired) electrons. The number of aldehydes is 1. The van der Waals surface area contributed by atoms with Crippen molar-refractivity contribution in [3.8, 4) is 0 Å². The van der Waals surface area contributed by atoms with Gasteiger partial charge in [0.1, 0.15) is 6.29 Å². The summed E-state index contributed by atoms with van der Waals surface area (Å²) < 4.78 is 0. The van der Waals surface area contributed by atoms with Crippen molar-refractivity contribution in [2.24, 2.45) is 11.8 Å². The molecule has 5 heteroatoms. The zero-order valence-corrected chi connectivity index (χ0v) is 20.5. The van der Waals surface area contributed by atoms with E-state index in [-0.39, 0.29) is 5.91 Å². The van der Waals surface area contributed by atoms with Gasteiger partial charge in [-0.25, -0.2) is 0 Å². The molecule has 4 rings (SSSR count). The summed E-state index contributed by atoms with van der Waals surface area (Å²) in [7, 11) is 0. The van der Waals surface area contributed by atoms with Gasteiger partial charge in [-0.15, -0.1) is 0 Å². The van der Waals surface area contributed by atoms with Crippen LogP contribution in [0.15, 0.2) is 48.5 Å². The SMILES string of the molecule is CC(C)c1cccc(C(O)C(=O)N2CCC(CC3CCN(c4ccc(C=O)cc4)CC3)CC2)c1. The molecule has 5 nitrogen and oxygen atoms in total. The lowest BCUT2D eigenvalue weighted by molar-refractivity contribution is -0.142. The number of aliphatic hydroxyl groups excluding tert-OH is 1. The number of amides is 1. The largest absolute Gasteiger partial charge is 0.378 e. The highest BCUT2D eigenvalue weighted by atomic mass is 16.3. The van der Waals surface area contributed by atoms with Gasteiger partial charge in [-0.1, -0.05) is 38.1 Å². The molecule has 0 spiro atoms. The van der Waals surface area contributed by atoms with Crippen LogP contribution in [0.4, 0.5) is 5.69 Å². The Labute approximate surface area is 203 Å². The van der Waals surface area contributed by atoms with Crippen LogP contribution in [0.5, 0.6) is 0 Å². The molecule has 182 valence electrons. The topological polar surface area (TPSA) is 60.9 Å². The normalized spacial score (nSPS) is 18.8. The molecular formula is C29H38N2O3. The summed E-state index contributed by atoms with van der Waals surface area (Å²) in [5, 5.41) is 10.7. The number of carbonyl (C=O) groups excluding carboxylic acids is 2. The number of hydrogen-bond acceptors (Lipinski definition) is 4. The third kappa shape index (κ3) is 5.87. The maximum atomic E-state index is 12.9. The fourth-order valence-corrected chi connectivity index (χ4v) is 5.45. The van der Waals surface area contributed by atoms with Crippen LogP contribution in [0.2, 0.25) is 0 Å². The molecular weight excluding hydrogens is 424 g/mol. The first-order chi connectivity index (χ1) is 16.4. The van der Waals surface area contributed by atoms with Crippen molar-refractivity contribution in [2.75, 3.05) is 31.1 Å². The van der Waals surface area contributed by atoms with Gasteiger partial charge in [0.05, 0.1) is 0 Å². The van der Waals surface area contributed by atoms with Crippen molar-refractivity contribution in [3.05, 3.63) is 65.2 Å². The number of benzene rings is 2. The van der Waals surface area contributed by atoms with E-state index in [1.165, 1.54) is 24.9 Å². The van der Waals surface area contributed by atoms with Gasteiger partial charge in [-0.3, -0.25) is 9.59 Å². The number of nitrogens with zero attached hydrogens (tertiary/aromatic N) is 2. The van der Waals surface area contributed by atoms with Crippen molar-refractivity contribution < 1.29 is 14.7 Å². The molecule has 1 atom stereocenters. The predicted octanol–water partition coefficient (Wildman–Crippen LogP) is 5.20. The minimum absolute atomic E-state index is 0.159. The molecule has 0 bridgehead atoms. The molecule has 2 saturated heterocycles. The van der Waals surface area contributed by atoms with Gasteiger partial charge in [0.25, 0.3) is 5.91 Å². The number of carbonyl (C=O) groups is 2. The van der Waals surface area contributed by atoms with Crippen LogP contribution in [-0.4, -0.2) is 48.4 Å². The van der Waals surface area contributed by atoms with Crippen LogP contribution in [0.3, 0.4) is 0 Å². The van der Waals surface area contributed by atoms with E-state index < -0.39 is 6.10 Å². The lowest BCUT2D eigenvalue weighted by Crippen LogP contribution is -2.42. The quantitative estimate of drug-likeness (QED) is 0.575. The Balaban J connectivity index is 1.22. The summed E-state index contributed by atoms with van der Waals surface area (Å²) in [5.74, 6) is 1.61. The smallest absolute Gasteiger partial charge is 0.256 e. The molecule has 0 saturated carbocycles. The second-order valence-electron chi connectivity index (χ2n) is 10.4. The van der Waals surface area contributed by atoms with E-state index in [9.17, 15) is 14.7 Å². The first-order valence-corrected chi connectivity index (χ1v) is 12.8. The van der Waals surface area contributed by atoms with Gasteiger partial charge in [0.15, 0.2) is 6.10 Å². The summed E-state index contributed by atoms with van der Waals surface area (Å²) in [4.78, 5) is 28.1. The molecule has 1 N–H and O–H groups in total. The lowest BCUT2D eigenvalue weighted by atomic mass is 9.82. The highest BCUT2D eigenvalue weighted by Gasteiger charge is 2.30. The average molecular weight is 463 g/mol. The summed E-state index contributed by atoms with van der Waals surface area (Å²) in [5.41, 5.74) is 3.77. The molecule has 2 fully saturated rings. The number of aliphatic hydroxyl groups is 1. The van der Waals surface area contributed by atoms with Crippen LogP contribution < -0.4 is 4.90 Å². The van der Waals surface area contributed by atoms with Crippen LogP contribution >= 0.6 is 0 Å². The minimum Gasteiger partial charge on any atom is -0.378 e. The maximum Gasteiger partial charge on any atom is 0.256 e. The second-order valence-corrected chi connectivity index (χ2v) is 10.4. The molecule has 1 unspecified atom stereocenters. The Hall–Kier alpha value is -2.66. The summed E-state index contributed by atoms with van der Waals surface area (Å²) >= 11 is 0. The number of anilines is 1. The Kier molecular flexibility index (Phi) is 8.04. The fourth-order valence-electron chi connectivity index (χ4n) is 5.45. The van der Waals surface area contributed by atoms with Gasteiger partial charge >= 0.3 is 0 Å². The van der Waals surface area contributed by atoms with Crippen molar-refractivity contribution in [1.82, 2.24) is 4.90 Å². The monoisotopic (exact) mass is 462 g/mol. The van der Waals surface area contributed by atoms with E-state index in [1.54, 1.807) is 0 Å². The van der Waals surface area contributed by atoms with Crippen molar-refractivity contribution in [3.63, 3.8) is 0 Å². The minimum atomic E-state index is -1.07. The average Bonchev–Trinajstić information content (AvgIpc) is 2.89. The molecule has 2 aliphatic heterocycles. The summed E-state index contributed by atoms with van der Waals surface area (Å²) in [6.45, 7) is 7.84. The highest BCUT2D eigenvalue weighted by molar-refractivity contribution is 5.82. The van der Waals surface area contributed by atoms with Crippen LogP contribution in [0.1, 0.15) is 79.5 Å². The maximum absolute atomic E-state index is 12.9.